The lowest BCUT2D eigenvalue weighted by Crippen LogP contribution is -2.11. The smallest absolute Gasteiger partial charge is 0.152 e. The van der Waals surface area contributed by atoms with Crippen LogP contribution < -0.4 is 5.73 Å². The highest BCUT2D eigenvalue weighted by molar-refractivity contribution is 6.06. The molecule has 0 amide bonds. The average molecular weight is 284 g/mol. The van der Waals surface area contributed by atoms with Gasteiger partial charge in [-0.2, -0.15) is 0 Å². The van der Waals surface area contributed by atoms with Crippen LogP contribution in [0.1, 0.15) is 25.6 Å². The first-order valence-corrected chi connectivity index (χ1v) is 7.31. The van der Waals surface area contributed by atoms with E-state index in [1.807, 2.05) is 38.1 Å². The van der Waals surface area contributed by atoms with E-state index in [9.17, 15) is 5.11 Å². The van der Waals surface area contributed by atoms with Crippen molar-refractivity contribution in [2.75, 3.05) is 5.73 Å². The monoisotopic (exact) mass is 284 g/mol. The molecule has 0 radical (unpaired) electrons. The Morgan fingerprint density at radius 1 is 1.29 bits per heavy atom. The zero-order chi connectivity index (χ0) is 15.0. The molecule has 0 saturated carbocycles. The fourth-order valence-corrected chi connectivity index (χ4v) is 2.73. The molecule has 0 saturated heterocycles. The minimum atomic E-state index is -0.285. The van der Waals surface area contributed by atoms with E-state index >= 15 is 0 Å². The van der Waals surface area contributed by atoms with Crippen molar-refractivity contribution in [1.29, 1.82) is 0 Å². The molecular formula is C16H20N4O. The number of aliphatic hydroxyl groups is 1. The lowest BCUT2D eigenvalue weighted by Gasteiger charge is -2.11. The SMILES string of the molecule is CCC(O)CCn1c(C)nc2c(N)nc3ccccc3c21. The van der Waals surface area contributed by atoms with E-state index in [0.29, 0.717) is 12.2 Å². The zero-order valence-electron chi connectivity index (χ0n) is 12.4. The summed E-state index contributed by atoms with van der Waals surface area (Å²) in [6, 6.07) is 7.94. The molecule has 3 aromatic rings. The van der Waals surface area contributed by atoms with Crippen LogP contribution >= 0.6 is 0 Å². The minimum absolute atomic E-state index is 0.285. The summed E-state index contributed by atoms with van der Waals surface area (Å²) < 4.78 is 2.13. The number of aliphatic hydroxyl groups excluding tert-OH is 1. The number of fused-ring (bicyclic) bond motifs is 3. The predicted octanol–water partition coefficient (Wildman–Crippen LogP) is 2.64. The van der Waals surface area contributed by atoms with E-state index in [1.54, 1.807) is 0 Å². The van der Waals surface area contributed by atoms with E-state index in [2.05, 4.69) is 14.5 Å². The fraction of sp³-hybridized carbons (Fsp3) is 0.375. The fourth-order valence-electron chi connectivity index (χ4n) is 2.73. The van der Waals surface area contributed by atoms with Crippen LogP contribution in [0.25, 0.3) is 21.9 Å². The Morgan fingerprint density at radius 2 is 2.05 bits per heavy atom. The summed E-state index contributed by atoms with van der Waals surface area (Å²) in [6.07, 6.45) is 1.18. The zero-order valence-corrected chi connectivity index (χ0v) is 12.4. The molecule has 1 atom stereocenters. The number of anilines is 1. The Morgan fingerprint density at radius 3 is 2.81 bits per heavy atom. The molecule has 0 aliphatic rings. The molecule has 1 aromatic carbocycles. The summed E-state index contributed by atoms with van der Waals surface area (Å²) in [6.45, 7) is 4.68. The summed E-state index contributed by atoms with van der Waals surface area (Å²) in [7, 11) is 0. The van der Waals surface area contributed by atoms with Crippen molar-refractivity contribution in [1.82, 2.24) is 14.5 Å². The minimum Gasteiger partial charge on any atom is -0.393 e. The molecule has 3 rings (SSSR count). The van der Waals surface area contributed by atoms with E-state index in [4.69, 9.17) is 5.73 Å². The Balaban J connectivity index is 2.21. The molecule has 1 unspecified atom stereocenters. The summed E-state index contributed by atoms with van der Waals surface area (Å²) in [5, 5.41) is 10.9. The van der Waals surface area contributed by atoms with Gasteiger partial charge < -0.3 is 15.4 Å². The third-order valence-electron chi connectivity index (χ3n) is 3.96. The molecule has 2 aromatic heterocycles. The Labute approximate surface area is 123 Å². The molecule has 2 heterocycles. The highest BCUT2D eigenvalue weighted by Gasteiger charge is 2.15. The van der Waals surface area contributed by atoms with Gasteiger partial charge >= 0.3 is 0 Å². The van der Waals surface area contributed by atoms with Gasteiger partial charge in [0.1, 0.15) is 11.3 Å². The number of nitrogen functional groups attached to an aromatic ring is 1. The number of imidazole rings is 1. The first-order valence-electron chi connectivity index (χ1n) is 7.31. The topological polar surface area (TPSA) is 77.0 Å². The van der Waals surface area contributed by atoms with Crippen molar-refractivity contribution in [2.45, 2.75) is 39.3 Å². The van der Waals surface area contributed by atoms with Crippen molar-refractivity contribution >= 4 is 27.8 Å². The van der Waals surface area contributed by atoms with Gasteiger partial charge in [0, 0.05) is 11.9 Å². The van der Waals surface area contributed by atoms with Crippen molar-refractivity contribution < 1.29 is 5.11 Å². The maximum atomic E-state index is 9.82. The van der Waals surface area contributed by atoms with Crippen LogP contribution in [0.4, 0.5) is 5.82 Å². The summed E-state index contributed by atoms with van der Waals surface area (Å²) >= 11 is 0. The number of aryl methyl sites for hydroxylation is 2. The van der Waals surface area contributed by atoms with Gasteiger partial charge in [-0.15, -0.1) is 0 Å². The molecule has 0 aliphatic heterocycles. The largest absolute Gasteiger partial charge is 0.393 e. The quantitative estimate of drug-likeness (QED) is 0.772. The number of nitrogens with two attached hydrogens (primary N) is 1. The van der Waals surface area contributed by atoms with Crippen LogP contribution in [0.2, 0.25) is 0 Å². The van der Waals surface area contributed by atoms with Gasteiger partial charge in [-0.25, -0.2) is 9.97 Å². The van der Waals surface area contributed by atoms with Crippen LogP contribution in [-0.4, -0.2) is 25.7 Å². The highest BCUT2D eigenvalue weighted by atomic mass is 16.3. The van der Waals surface area contributed by atoms with Gasteiger partial charge in [0.2, 0.25) is 0 Å². The standard InChI is InChI=1S/C16H20N4O/c1-3-11(21)8-9-20-10(2)18-14-15(20)12-6-4-5-7-13(12)19-16(14)17/h4-7,11,21H,3,8-9H2,1-2H3,(H2,17,19). The van der Waals surface area contributed by atoms with Gasteiger partial charge in [0.05, 0.1) is 17.1 Å². The predicted molar refractivity (Wildman–Crippen MR) is 85.1 cm³/mol. The van der Waals surface area contributed by atoms with E-state index in [-0.39, 0.29) is 6.10 Å². The third-order valence-corrected chi connectivity index (χ3v) is 3.96. The van der Waals surface area contributed by atoms with Gasteiger partial charge in [-0.1, -0.05) is 25.1 Å². The van der Waals surface area contributed by atoms with Crippen molar-refractivity contribution in [3.63, 3.8) is 0 Å². The molecular weight excluding hydrogens is 264 g/mol. The van der Waals surface area contributed by atoms with Crippen LogP contribution in [0, 0.1) is 6.92 Å². The van der Waals surface area contributed by atoms with Gasteiger partial charge in [0.25, 0.3) is 0 Å². The average Bonchev–Trinajstić information content (AvgIpc) is 2.82. The van der Waals surface area contributed by atoms with E-state index < -0.39 is 0 Å². The summed E-state index contributed by atoms with van der Waals surface area (Å²) in [5.74, 6) is 1.36. The Kier molecular flexibility index (Phi) is 3.51. The molecule has 0 fully saturated rings. The summed E-state index contributed by atoms with van der Waals surface area (Å²) in [5.41, 5.74) is 8.69. The molecule has 21 heavy (non-hydrogen) atoms. The molecule has 0 aliphatic carbocycles. The van der Waals surface area contributed by atoms with Gasteiger partial charge in [0.15, 0.2) is 5.82 Å². The second-order valence-corrected chi connectivity index (χ2v) is 5.37. The Bertz CT molecular complexity index is 794. The Hall–Kier alpha value is -2.14. The molecule has 0 bridgehead atoms. The molecule has 5 heteroatoms. The first kappa shape index (κ1) is 13.8. The molecule has 5 nitrogen and oxygen atoms in total. The van der Waals surface area contributed by atoms with Crippen molar-refractivity contribution in [3.8, 4) is 0 Å². The van der Waals surface area contributed by atoms with Crippen LogP contribution in [-0.2, 0) is 6.54 Å². The van der Waals surface area contributed by atoms with E-state index in [1.165, 1.54) is 0 Å². The normalized spacial score (nSPS) is 13.1. The number of para-hydroxylation sites is 1. The second-order valence-electron chi connectivity index (χ2n) is 5.37. The van der Waals surface area contributed by atoms with Gasteiger partial charge in [-0.05, 0) is 25.8 Å². The number of benzene rings is 1. The first-order chi connectivity index (χ1) is 10.1. The van der Waals surface area contributed by atoms with Crippen LogP contribution in [0.3, 0.4) is 0 Å². The number of rotatable bonds is 4. The molecule has 3 N–H and O–H groups in total. The van der Waals surface area contributed by atoms with Crippen LogP contribution in [0.5, 0.6) is 0 Å². The number of nitrogens with zero attached hydrogens (tertiary/aromatic N) is 3. The highest BCUT2D eigenvalue weighted by Crippen LogP contribution is 2.28. The van der Waals surface area contributed by atoms with Crippen molar-refractivity contribution in [2.24, 2.45) is 0 Å². The number of hydrogen-bond acceptors (Lipinski definition) is 4. The second kappa shape index (κ2) is 5.33. The summed E-state index contributed by atoms with van der Waals surface area (Å²) in [4.78, 5) is 8.98. The maximum absolute atomic E-state index is 9.82. The lowest BCUT2D eigenvalue weighted by molar-refractivity contribution is 0.154. The number of hydrogen-bond donors (Lipinski definition) is 2. The van der Waals surface area contributed by atoms with Crippen molar-refractivity contribution in [3.05, 3.63) is 30.1 Å². The maximum Gasteiger partial charge on any atom is 0.152 e. The van der Waals surface area contributed by atoms with E-state index in [0.717, 1.165) is 40.7 Å². The number of aromatic nitrogens is 3. The van der Waals surface area contributed by atoms with Gasteiger partial charge in [-0.3, -0.25) is 0 Å². The third kappa shape index (κ3) is 2.34. The lowest BCUT2D eigenvalue weighted by atomic mass is 10.1. The van der Waals surface area contributed by atoms with Crippen LogP contribution in [0.15, 0.2) is 24.3 Å². The molecule has 110 valence electrons. The number of pyridine rings is 1. The molecule has 0 spiro atoms.